The van der Waals surface area contributed by atoms with E-state index in [1.807, 2.05) is 19.4 Å². The Labute approximate surface area is 103 Å². The van der Waals surface area contributed by atoms with E-state index in [4.69, 9.17) is 5.11 Å². The number of rotatable bonds is 8. The highest BCUT2D eigenvalue weighted by Crippen LogP contribution is 2.06. The molecule has 0 saturated carbocycles. The number of hydrogen-bond donors (Lipinski definition) is 1. The number of unbranched alkanes of at least 4 members (excludes halogenated alkanes) is 3. The summed E-state index contributed by atoms with van der Waals surface area (Å²) >= 11 is 0. The van der Waals surface area contributed by atoms with Crippen LogP contribution in [0.2, 0.25) is 0 Å². The molecule has 1 rings (SSSR count). The molecule has 0 aliphatic carbocycles. The van der Waals surface area contributed by atoms with Gasteiger partial charge in [-0.2, -0.15) is 0 Å². The van der Waals surface area contributed by atoms with Crippen molar-refractivity contribution < 1.29 is 14.5 Å². The van der Waals surface area contributed by atoms with Gasteiger partial charge in [0.1, 0.15) is 18.9 Å². The van der Waals surface area contributed by atoms with Crippen LogP contribution in [-0.2, 0) is 24.8 Å². The highest BCUT2D eigenvalue weighted by atomic mass is 16.4. The predicted molar refractivity (Wildman–Crippen MR) is 65.7 cm³/mol. The number of aliphatic carboxylic acids is 1. The van der Waals surface area contributed by atoms with E-state index in [0.29, 0.717) is 6.54 Å². The minimum Gasteiger partial charge on any atom is -0.481 e. The Morgan fingerprint density at radius 1 is 1.41 bits per heavy atom. The normalized spacial score (nSPS) is 10.7. The summed E-state index contributed by atoms with van der Waals surface area (Å²) in [5.74, 6) is 0.487. The summed E-state index contributed by atoms with van der Waals surface area (Å²) in [5.41, 5.74) is 0. The lowest BCUT2D eigenvalue weighted by Gasteiger charge is -2.02. The number of nitrogens with zero attached hydrogens (tertiary/aromatic N) is 2. The van der Waals surface area contributed by atoms with Crippen LogP contribution in [0.1, 0.15) is 44.9 Å². The first kappa shape index (κ1) is 13.7. The molecule has 0 atom stereocenters. The first-order valence-electron chi connectivity index (χ1n) is 6.40. The van der Waals surface area contributed by atoms with Crippen molar-refractivity contribution in [2.75, 3.05) is 0 Å². The van der Waals surface area contributed by atoms with Gasteiger partial charge in [0.2, 0.25) is 0 Å². The summed E-state index contributed by atoms with van der Waals surface area (Å²) in [7, 11) is 2.02. The second-order valence-electron chi connectivity index (χ2n) is 4.47. The van der Waals surface area contributed by atoms with E-state index in [9.17, 15) is 4.79 Å². The zero-order valence-corrected chi connectivity index (χ0v) is 10.9. The van der Waals surface area contributed by atoms with E-state index < -0.39 is 5.97 Å². The van der Waals surface area contributed by atoms with Crippen LogP contribution in [0.4, 0.5) is 0 Å². The zero-order valence-electron chi connectivity index (χ0n) is 10.9. The minimum atomic E-state index is -0.738. The number of aromatic nitrogens is 2. The second-order valence-corrected chi connectivity index (χ2v) is 4.47. The van der Waals surface area contributed by atoms with Gasteiger partial charge < -0.3 is 5.11 Å². The van der Waals surface area contributed by atoms with E-state index in [1.54, 1.807) is 0 Å². The zero-order chi connectivity index (χ0) is 12.7. The topological polar surface area (TPSA) is 46.1 Å². The van der Waals surface area contributed by atoms with Gasteiger partial charge in [-0.05, 0) is 6.42 Å². The average molecular weight is 239 g/mol. The van der Waals surface area contributed by atoms with Crippen molar-refractivity contribution in [3.8, 4) is 0 Å². The van der Waals surface area contributed by atoms with Gasteiger partial charge in [0.15, 0.2) is 0 Å². The van der Waals surface area contributed by atoms with Gasteiger partial charge in [0.25, 0.3) is 5.82 Å². The Balaban J connectivity index is 2.50. The molecule has 0 spiro atoms. The van der Waals surface area contributed by atoms with Crippen molar-refractivity contribution >= 4 is 5.97 Å². The number of carbonyl (C=O) groups is 1. The number of imidazole rings is 1. The first-order chi connectivity index (χ1) is 8.15. The van der Waals surface area contributed by atoms with Crippen molar-refractivity contribution in [2.24, 2.45) is 7.05 Å². The maximum atomic E-state index is 10.6. The van der Waals surface area contributed by atoms with Crippen molar-refractivity contribution in [2.45, 2.75) is 52.0 Å². The van der Waals surface area contributed by atoms with Crippen molar-refractivity contribution in [1.29, 1.82) is 0 Å². The van der Waals surface area contributed by atoms with Crippen molar-refractivity contribution in [3.05, 3.63) is 18.2 Å². The molecule has 1 aromatic rings. The average Bonchev–Trinajstić information content (AvgIpc) is 2.63. The fourth-order valence-electron chi connectivity index (χ4n) is 2.00. The predicted octanol–water partition coefficient (Wildman–Crippen LogP) is 1.91. The quantitative estimate of drug-likeness (QED) is 0.556. The smallest absolute Gasteiger partial charge is 0.307 e. The molecule has 0 bridgehead atoms. The van der Waals surface area contributed by atoms with Crippen LogP contribution >= 0.6 is 0 Å². The van der Waals surface area contributed by atoms with Crippen LogP contribution in [0, 0.1) is 0 Å². The lowest BCUT2D eigenvalue weighted by atomic mass is 10.1. The van der Waals surface area contributed by atoms with E-state index in [-0.39, 0.29) is 6.42 Å². The molecule has 96 valence electrons. The summed E-state index contributed by atoms with van der Waals surface area (Å²) < 4.78 is 4.15. The standard InChI is InChI=1S/C13H22N2O2/c1-3-4-5-6-7-12-14(2)10-11-15(12)9-8-13(16)17/h10-11H,3-9H2,1-2H3/p+1. The van der Waals surface area contributed by atoms with Gasteiger partial charge in [-0.25, -0.2) is 9.13 Å². The summed E-state index contributed by atoms with van der Waals surface area (Å²) in [4.78, 5) is 10.6. The van der Waals surface area contributed by atoms with Gasteiger partial charge in [-0.15, -0.1) is 0 Å². The molecule has 0 fully saturated rings. The summed E-state index contributed by atoms with van der Waals surface area (Å²) in [5, 5.41) is 8.70. The molecule has 0 unspecified atom stereocenters. The largest absolute Gasteiger partial charge is 0.481 e. The molecular weight excluding hydrogens is 216 g/mol. The minimum absolute atomic E-state index is 0.191. The Morgan fingerprint density at radius 3 is 2.82 bits per heavy atom. The number of carboxylic acid groups (broad SMARTS) is 1. The van der Waals surface area contributed by atoms with Crippen LogP contribution in [0.3, 0.4) is 0 Å². The third-order valence-corrected chi connectivity index (χ3v) is 3.03. The van der Waals surface area contributed by atoms with Crippen LogP contribution in [0.5, 0.6) is 0 Å². The number of carboxylic acids is 1. The molecule has 0 aliphatic heterocycles. The molecule has 0 radical (unpaired) electrons. The van der Waals surface area contributed by atoms with E-state index in [1.165, 1.54) is 31.5 Å². The molecule has 1 heterocycles. The maximum Gasteiger partial charge on any atom is 0.307 e. The highest BCUT2D eigenvalue weighted by Gasteiger charge is 2.14. The monoisotopic (exact) mass is 239 g/mol. The molecule has 0 aromatic carbocycles. The van der Waals surface area contributed by atoms with E-state index >= 15 is 0 Å². The molecule has 0 amide bonds. The van der Waals surface area contributed by atoms with Crippen molar-refractivity contribution in [3.63, 3.8) is 0 Å². The molecular formula is C13H23N2O2+. The van der Waals surface area contributed by atoms with Crippen LogP contribution < -0.4 is 4.57 Å². The number of aryl methyl sites for hydroxylation is 2. The Hall–Kier alpha value is -1.32. The molecule has 4 nitrogen and oxygen atoms in total. The summed E-state index contributed by atoms with van der Waals surface area (Å²) in [6.45, 7) is 2.77. The third-order valence-electron chi connectivity index (χ3n) is 3.03. The van der Waals surface area contributed by atoms with Gasteiger partial charge in [0, 0.05) is 6.42 Å². The summed E-state index contributed by atoms with van der Waals surface area (Å²) in [6, 6.07) is 0. The lowest BCUT2D eigenvalue weighted by Crippen LogP contribution is -2.32. The van der Waals surface area contributed by atoms with Gasteiger partial charge in [-0.1, -0.05) is 26.2 Å². The van der Waals surface area contributed by atoms with Gasteiger partial charge >= 0.3 is 5.97 Å². The third kappa shape index (κ3) is 4.59. The Kier molecular flexibility index (Phi) is 5.73. The fraction of sp³-hybridized carbons (Fsp3) is 0.692. The van der Waals surface area contributed by atoms with E-state index in [0.717, 1.165) is 6.42 Å². The van der Waals surface area contributed by atoms with Crippen molar-refractivity contribution in [1.82, 2.24) is 4.57 Å². The van der Waals surface area contributed by atoms with E-state index in [2.05, 4.69) is 16.1 Å². The molecule has 0 aliphatic rings. The van der Waals surface area contributed by atoms with Gasteiger partial charge in [-0.3, -0.25) is 4.79 Å². The molecule has 1 N–H and O–H groups in total. The fourth-order valence-corrected chi connectivity index (χ4v) is 2.00. The van der Waals surface area contributed by atoms with Crippen LogP contribution in [-0.4, -0.2) is 15.6 Å². The molecule has 1 aromatic heterocycles. The second kappa shape index (κ2) is 7.09. The van der Waals surface area contributed by atoms with Crippen LogP contribution in [0.15, 0.2) is 12.4 Å². The Bertz CT molecular complexity index is 358. The number of hydrogen-bond acceptors (Lipinski definition) is 1. The van der Waals surface area contributed by atoms with Crippen LogP contribution in [0.25, 0.3) is 0 Å². The molecule has 17 heavy (non-hydrogen) atoms. The molecule has 0 saturated heterocycles. The maximum absolute atomic E-state index is 10.6. The lowest BCUT2D eigenvalue weighted by molar-refractivity contribution is -0.678. The molecule has 4 heteroatoms. The SMILES string of the molecule is CCCCCCc1n(CCC(=O)O)cc[n+]1C. The Morgan fingerprint density at radius 2 is 2.18 bits per heavy atom. The van der Waals surface area contributed by atoms with Gasteiger partial charge in [0.05, 0.1) is 13.5 Å². The summed E-state index contributed by atoms with van der Waals surface area (Å²) in [6.07, 6.45) is 10.1. The first-order valence-corrected chi connectivity index (χ1v) is 6.40. The highest BCUT2D eigenvalue weighted by molar-refractivity contribution is 5.66.